The summed E-state index contributed by atoms with van der Waals surface area (Å²) in [6.07, 6.45) is 4.94. The quantitative estimate of drug-likeness (QED) is 0.837. The van der Waals surface area contributed by atoms with Gasteiger partial charge in [0.15, 0.2) is 0 Å². The van der Waals surface area contributed by atoms with Crippen molar-refractivity contribution < 1.29 is 0 Å². The van der Waals surface area contributed by atoms with E-state index >= 15 is 0 Å². The molecule has 0 aliphatic carbocycles. The first-order chi connectivity index (χ1) is 8.94. The summed E-state index contributed by atoms with van der Waals surface area (Å²) in [4.78, 5) is 13.7. The number of piperazine rings is 1. The SMILES string of the molecule is Cc1cncc(N2CCN(CCC(C)(C)C)CC2)n1. The maximum atomic E-state index is 4.55. The highest BCUT2D eigenvalue weighted by Crippen LogP contribution is 2.20. The van der Waals surface area contributed by atoms with Gasteiger partial charge in [0.1, 0.15) is 5.82 Å². The average Bonchev–Trinajstić information content (AvgIpc) is 2.36. The highest BCUT2D eigenvalue weighted by atomic mass is 15.3. The molecular weight excluding hydrogens is 236 g/mol. The molecule has 2 heterocycles. The van der Waals surface area contributed by atoms with Crippen LogP contribution in [0.1, 0.15) is 32.9 Å². The molecule has 0 unspecified atom stereocenters. The first kappa shape index (κ1) is 14.3. The van der Waals surface area contributed by atoms with Crippen LogP contribution in [0.3, 0.4) is 0 Å². The third-order valence-corrected chi connectivity index (χ3v) is 3.62. The van der Waals surface area contributed by atoms with Crippen molar-refractivity contribution in [2.75, 3.05) is 37.6 Å². The van der Waals surface area contributed by atoms with Crippen molar-refractivity contribution in [2.45, 2.75) is 34.1 Å². The zero-order chi connectivity index (χ0) is 13.9. The highest BCUT2D eigenvalue weighted by molar-refractivity contribution is 5.36. The monoisotopic (exact) mass is 262 g/mol. The summed E-state index contributed by atoms with van der Waals surface area (Å²) in [6.45, 7) is 14.5. The second-order valence-corrected chi connectivity index (χ2v) is 6.66. The average molecular weight is 262 g/mol. The minimum Gasteiger partial charge on any atom is -0.353 e. The van der Waals surface area contributed by atoms with Crippen molar-refractivity contribution in [3.8, 4) is 0 Å². The second-order valence-electron chi connectivity index (χ2n) is 6.66. The molecule has 0 amide bonds. The molecule has 0 aromatic carbocycles. The van der Waals surface area contributed by atoms with Gasteiger partial charge in [0.05, 0.1) is 11.9 Å². The smallest absolute Gasteiger partial charge is 0.147 e. The van der Waals surface area contributed by atoms with Crippen LogP contribution in [0.4, 0.5) is 5.82 Å². The van der Waals surface area contributed by atoms with E-state index in [1.807, 2.05) is 19.3 Å². The van der Waals surface area contributed by atoms with Gasteiger partial charge in [-0.3, -0.25) is 9.88 Å². The van der Waals surface area contributed by atoms with Crippen LogP contribution >= 0.6 is 0 Å². The Morgan fingerprint density at radius 2 is 1.79 bits per heavy atom. The molecule has 106 valence electrons. The van der Waals surface area contributed by atoms with E-state index in [2.05, 4.69) is 40.5 Å². The number of anilines is 1. The summed E-state index contributed by atoms with van der Waals surface area (Å²) in [5.41, 5.74) is 1.42. The van der Waals surface area contributed by atoms with Crippen LogP contribution in [0, 0.1) is 12.3 Å². The molecule has 19 heavy (non-hydrogen) atoms. The maximum Gasteiger partial charge on any atom is 0.147 e. The van der Waals surface area contributed by atoms with Crippen molar-refractivity contribution in [1.29, 1.82) is 0 Å². The molecule has 1 aromatic heterocycles. The summed E-state index contributed by atoms with van der Waals surface area (Å²) in [5, 5.41) is 0. The highest BCUT2D eigenvalue weighted by Gasteiger charge is 2.20. The van der Waals surface area contributed by atoms with Crippen molar-refractivity contribution in [2.24, 2.45) is 5.41 Å². The Labute approximate surface area is 116 Å². The molecule has 0 spiro atoms. The summed E-state index contributed by atoms with van der Waals surface area (Å²) < 4.78 is 0. The Morgan fingerprint density at radius 3 is 2.37 bits per heavy atom. The second kappa shape index (κ2) is 5.87. The standard InChI is InChI=1S/C15H26N4/c1-13-11-16-12-14(17-13)19-9-7-18(8-10-19)6-5-15(2,3)4/h11-12H,5-10H2,1-4H3. The molecule has 1 aromatic rings. The number of hydrogen-bond donors (Lipinski definition) is 0. The van der Waals surface area contributed by atoms with E-state index in [1.54, 1.807) is 0 Å². The molecule has 4 heteroatoms. The number of aromatic nitrogens is 2. The van der Waals surface area contributed by atoms with E-state index in [0.717, 1.165) is 37.7 Å². The van der Waals surface area contributed by atoms with Gasteiger partial charge in [0.2, 0.25) is 0 Å². The predicted molar refractivity (Wildman–Crippen MR) is 79.5 cm³/mol. The fourth-order valence-corrected chi connectivity index (χ4v) is 2.30. The first-order valence-corrected chi connectivity index (χ1v) is 7.20. The molecule has 1 saturated heterocycles. The molecule has 0 bridgehead atoms. The Balaban J connectivity index is 1.82. The number of aryl methyl sites for hydroxylation is 1. The van der Waals surface area contributed by atoms with E-state index in [0.29, 0.717) is 5.41 Å². The molecule has 1 fully saturated rings. The Morgan fingerprint density at radius 1 is 1.11 bits per heavy atom. The summed E-state index contributed by atoms with van der Waals surface area (Å²) in [5.74, 6) is 1.02. The van der Waals surface area contributed by atoms with Gasteiger partial charge in [-0.2, -0.15) is 0 Å². The predicted octanol–water partition coefficient (Wildman–Crippen LogP) is 2.34. The van der Waals surface area contributed by atoms with Crippen LogP contribution < -0.4 is 4.90 Å². The van der Waals surface area contributed by atoms with Gasteiger partial charge < -0.3 is 4.90 Å². The summed E-state index contributed by atoms with van der Waals surface area (Å²) in [7, 11) is 0. The fraction of sp³-hybridized carbons (Fsp3) is 0.733. The van der Waals surface area contributed by atoms with Crippen molar-refractivity contribution in [1.82, 2.24) is 14.9 Å². The lowest BCUT2D eigenvalue weighted by atomic mass is 9.92. The van der Waals surface area contributed by atoms with Gasteiger partial charge >= 0.3 is 0 Å². The zero-order valence-corrected chi connectivity index (χ0v) is 12.7. The molecule has 2 rings (SSSR count). The minimum absolute atomic E-state index is 0.430. The Kier molecular flexibility index (Phi) is 4.40. The van der Waals surface area contributed by atoms with Crippen LogP contribution in [0.2, 0.25) is 0 Å². The van der Waals surface area contributed by atoms with Crippen LogP contribution in [0.5, 0.6) is 0 Å². The number of nitrogens with zero attached hydrogens (tertiary/aromatic N) is 4. The first-order valence-electron chi connectivity index (χ1n) is 7.20. The molecule has 0 saturated carbocycles. The third-order valence-electron chi connectivity index (χ3n) is 3.62. The number of rotatable bonds is 3. The summed E-state index contributed by atoms with van der Waals surface area (Å²) >= 11 is 0. The van der Waals surface area contributed by atoms with Crippen LogP contribution in [0.25, 0.3) is 0 Å². The largest absolute Gasteiger partial charge is 0.353 e. The molecule has 0 radical (unpaired) electrons. The molecule has 0 N–H and O–H groups in total. The van der Waals surface area contributed by atoms with Gasteiger partial charge in [-0.05, 0) is 25.3 Å². The van der Waals surface area contributed by atoms with Gasteiger partial charge in [0, 0.05) is 32.4 Å². The lowest BCUT2D eigenvalue weighted by Gasteiger charge is -2.36. The van der Waals surface area contributed by atoms with E-state index in [1.165, 1.54) is 13.0 Å². The molecule has 1 aliphatic rings. The topological polar surface area (TPSA) is 32.3 Å². The number of hydrogen-bond acceptors (Lipinski definition) is 4. The van der Waals surface area contributed by atoms with Gasteiger partial charge in [-0.15, -0.1) is 0 Å². The summed E-state index contributed by atoms with van der Waals surface area (Å²) in [6, 6.07) is 0. The van der Waals surface area contributed by atoms with E-state index in [-0.39, 0.29) is 0 Å². The van der Waals surface area contributed by atoms with E-state index in [9.17, 15) is 0 Å². The van der Waals surface area contributed by atoms with Gasteiger partial charge in [-0.1, -0.05) is 20.8 Å². The lowest BCUT2D eigenvalue weighted by Crippen LogP contribution is -2.47. The van der Waals surface area contributed by atoms with Gasteiger partial charge in [0.25, 0.3) is 0 Å². The van der Waals surface area contributed by atoms with Gasteiger partial charge in [-0.25, -0.2) is 4.98 Å². The molecular formula is C15H26N4. The minimum atomic E-state index is 0.430. The van der Waals surface area contributed by atoms with E-state index in [4.69, 9.17) is 0 Å². The zero-order valence-electron chi connectivity index (χ0n) is 12.7. The normalized spacial score (nSPS) is 17.8. The van der Waals surface area contributed by atoms with Crippen LogP contribution in [0.15, 0.2) is 12.4 Å². The van der Waals surface area contributed by atoms with Crippen molar-refractivity contribution in [3.63, 3.8) is 0 Å². The third kappa shape index (κ3) is 4.46. The molecule has 1 aliphatic heterocycles. The van der Waals surface area contributed by atoms with Crippen molar-refractivity contribution in [3.05, 3.63) is 18.1 Å². The molecule has 0 atom stereocenters. The fourth-order valence-electron chi connectivity index (χ4n) is 2.30. The van der Waals surface area contributed by atoms with Crippen molar-refractivity contribution >= 4 is 5.82 Å². The molecule has 4 nitrogen and oxygen atoms in total. The maximum absolute atomic E-state index is 4.55. The van der Waals surface area contributed by atoms with E-state index < -0.39 is 0 Å². The van der Waals surface area contributed by atoms with Crippen LogP contribution in [-0.4, -0.2) is 47.6 Å². The van der Waals surface area contributed by atoms with Crippen LogP contribution in [-0.2, 0) is 0 Å². The Hall–Kier alpha value is -1.16. The lowest BCUT2D eigenvalue weighted by molar-refractivity contribution is 0.217. The Bertz CT molecular complexity index is 403.